The van der Waals surface area contributed by atoms with Crippen LogP contribution in [0.2, 0.25) is 0 Å². The van der Waals surface area contributed by atoms with Gasteiger partial charge in [-0.25, -0.2) is 4.98 Å². The van der Waals surface area contributed by atoms with Crippen molar-refractivity contribution in [3.05, 3.63) is 89.2 Å². The molecule has 0 radical (unpaired) electrons. The molecule has 37 heavy (non-hydrogen) atoms. The number of unbranched alkanes of at least 4 members (excludes halogenated alkanes) is 1. The number of para-hydroxylation sites is 2. The topological polar surface area (TPSA) is 65.4 Å². The molecule has 4 rings (SSSR count). The quantitative estimate of drug-likeness (QED) is 0.236. The Kier molecular flexibility index (Phi) is 9.19. The summed E-state index contributed by atoms with van der Waals surface area (Å²) in [4.78, 5) is 17.2. The number of rotatable bonds is 13. The molecule has 6 nitrogen and oxygen atoms in total. The fourth-order valence-electron chi connectivity index (χ4n) is 4.55. The molecule has 0 aliphatic rings. The van der Waals surface area contributed by atoms with Gasteiger partial charge in [-0.3, -0.25) is 4.79 Å². The van der Waals surface area contributed by atoms with Gasteiger partial charge in [0.25, 0.3) is 0 Å². The summed E-state index contributed by atoms with van der Waals surface area (Å²) >= 11 is 0. The average Bonchev–Trinajstić information content (AvgIpc) is 3.25. The van der Waals surface area contributed by atoms with Crippen molar-refractivity contribution in [1.29, 1.82) is 0 Å². The number of methoxy groups -OCH3 is 1. The Morgan fingerprint density at radius 3 is 2.57 bits per heavy atom. The summed E-state index contributed by atoms with van der Waals surface area (Å²) in [5, 5.41) is 3.04. The second-order valence-electron chi connectivity index (χ2n) is 9.47. The summed E-state index contributed by atoms with van der Waals surface area (Å²) in [7, 11) is 1.64. The molecule has 3 aromatic carbocycles. The number of nitrogens with one attached hydrogen (secondary N) is 1. The van der Waals surface area contributed by atoms with E-state index in [9.17, 15) is 4.79 Å². The molecular weight excluding hydrogens is 462 g/mol. The molecule has 0 spiro atoms. The van der Waals surface area contributed by atoms with Gasteiger partial charge >= 0.3 is 0 Å². The largest absolute Gasteiger partial charge is 0.497 e. The van der Waals surface area contributed by atoms with E-state index in [1.54, 1.807) is 7.11 Å². The Hall–Kier alpha value is -3.80. The summed E-state index contributed by atoms with van der Waals surface area (Å²) in [6, 6.07) is 22.2. The first-order valence-electron chi connectivity index (χ1n) is 13.1. The number of fused-ring (bicyclic) bond motifs is 1. The number of imidazole rings is 1. The molecule has 194 valence electrons. The van der Waals surface area contributed by atoms with Crippen LogP contribution in [0.25, 0.3) is 11.0 Å². The standard InChI is InChI=1S/C31H37N3O3/c1-23-12-17-29(24(2)21-23)37-20-7-6-19-34-28-10-5-4-9-27(28)33-30(34)11-8-18-32-31(35)22-25-13-15-26(36-3)16-14-25/h4-5,9-10,12-17,21H,6-8,11,18-20,22H2,1-3H3,(H,32,35). The third-order valence-corrected chi connectivity index (χ3v) is 6.52. The molecule has 0 saturated carbocycles. The van der Waals surface area contributed by atoms with E-state index in [1.807, 2.05) is 30.3 Å². The van der Waals surface area contributed by atoms with Crippen LogP contribution in [0.1, 0.15) is 41.8 Å². The van der Waals surface area contributed by atoms with Crippen LogP contribution in [0.15, 0.2) is 66.7 Å². The van der Waals surface area contributed by atoms with Crippen LogP contribution >= 0.6 is 0 Å². The van der Waals surface area contributed by atoms with Crippen LogP contribution < -0.4 is 14.8 Å². The smallest absolute Gasteiger partial charge is 0.224 e. The van der Waals surface area contributed by atoms with E-state index < -0.39 is 0 Å². The predicted octanol–water partition coefficient (Wildman–Crippen LogP) is 5.81. The van der Waals surface area contributed by atoms with Crippen molar-refractivity contribution in [3.8, 4) is 11.5 Å². The van der Waals surface area contributed by atoms with Crippen LogP contribution in [-0.4, -0.2) is 35.7 Å². The monoisotopic (exact) mass is 499 g/mol. The molecule has 0 aliphatic heterocycles. The molecule has 0 saturated heterocycles. The lowest BCUT2D eigenvalue weighted by atomic mass is 10.1. The average molecular weight is 500 g/mol. The number of amides is 1. The van der Waals surface area contributed by atoms with Gasteiger partial charge in [0.1, 0.15) is 17.3 Å². The summed E-state index contributed by atoms with van der Waals surface area (Å²) in [5.41, 5.74) is 5.59. The van der Waals surface area contributed by atoms with E-state index in [4.69, 9.17) is 14.5 Å². The lowest BCUT2D eigenvalue weighted by Crippen LogP contribution is -2.26. The molecule has 1 aromatic heterocycles. The Labute approximate surface area is 219 Å². The van der Waals surface area contributed by atoms with E-state index in [0.29, 0.717) is 19.6 Å². The number of nitrogens with zero attached hydrogens (tertiary/aromatic N) is 2. The van der Waals surface area contributed by atoms with Gasteiger partial charge in [0.15, 0.2) is 0 Å². The zero-order chi connectivity index (χ0) is 26.0. The van der Waals surface area contributed by atoms with Crippen molar-refractivity contribution in [2.75, 3.05) is 20.3 Å². The van der Waals surface area contributed by atoms with E-state index in [2.05, 4.69) is 60.1 Å². The molecule has 0 fully saturated rings. The second kappa shape index (κ2) is 12.9. The normalized spacial score (nSPS) is 11.0. The van der Waals surface area contributed by atoms with Gasteiger partial charge in [-0.2, -0.15) is 0 Å². The van der Waals surface area contributed by atoms with Crippen LogP contribution in [0, 0.1) is 13.8 Å². The van der Waals surface area contributed by atoms with Crippen molar-refractivity contribution in [1.82, 2.24) is 14.9 Å². The van der Waals surface area contributed by atoms with Gasteiger partial charge in [-0.1, -0.05) is 42.0 Å². The lowest BCUT2D eigenvalue weighted by Gasteiger charge is -2.12. The molecule has 4 aromatic rings. The highest BCUT2D eigenvalue weighted by molar-refractivity contribution is 5.78. The summed E-state index contributed by atoms with van der Waals surface area (Å²) < 4.78 is 13.5. The van der Waals surface area contributed by atoms with Gasteiger partial charge < -0.3 is 19.4 Å². The fourth-order valence-corrected chi connectivity index (χ4v) is 4.55. The third kappa shape index (κ3) is 7.35. The first-order chi connectivity index (χ1) is 18.0. The highest BCUT2D eigenvalue weighted by atomic mass is 16.5. The molecule has 1 heterocycles. The van der Waals surface area contributed by atoms with Crippen LogP contribution in [0.3, 0.4) is 0 Å². The molecule has 0 bridgehead atoms. The van der Waals surface area contributed by atoms with Gasteiger partial charge in [-0.05, 0) is 74.6 Å². The molecule has 0 unspecified atom stereocenters. The molecule has 6 heteroatoms. The maximum Gasteiger partial charge on any atom is 0.224 e. The highest BCUT2D eigenvalue weighted by Crippen LogP contribution is 2.20. The van der Waals surface area contributed by atoms with Gasteiger partial charge in [0, 0.05) is 19.5 Å². The maximum absolute atomic E-state index is 12.4. The summed E-state index contributed by atoms with van der Waals surface area (Å²) in [6.45, 7) is 6.41. The Bertz CT molecular complexity index is 1310. The zero-order valence-electron chi connectivity index (χ0n) is 22.1. The second-order valence-corrected chi connectivity index (χ2v) is 9.47. The first kappa shape index (κ1) is 26.3. The molecule has 0 aliphatic carbocycles. The minimum Gasteiger partial charge on any atom is -0.497 e. The minimum atomic E-state index is 0.0301. The van der Waals surface area contributed by atoms with E-state index in [1.165, 1.54) is 11.1 Å². The summed E-state index contributed by atoms with van der Waals surface area (Å²) in [6.07, 6.45) is 4.01. The van der Waals surface area contributed by atoms with Crippen molar-refractivity contribution in [2.24, 2.45) is 0 Å². The lowest BCUT2D eigenvalue weighted by molar-refractivity contribution is -0.120. The number of carbonyl (C=O) groups excluding carboxylic acids is 1. The van der Waals surface area contributed by atoms with Gasteiger partial charge in [0.2, 0.25) is 5.91 Å². The number of aromatic nitrogens is 2. The zero-order valence-corrected chi connectivity index (χ0v) is 22.1. The first-order valence-corrected chi connectivity index (χ1v) is 13.1. The number of aryl methyl sites for hydroxylation is 4. The maximum atomic E-state index is 12.4. The van der Waals surface area contributed by atoms with Crippen molar-refractivity contribution >= 4 is 16.9 Å². The van der Waals surface area contributed by atoms with Crippen LogP contribution in [0.4, 0.5) is 0 Å². The third-order valence-electron chi connectivity index (χ3n) is 6.52. The van der Waals surface area contributed by atoms with Gasteiger partial charge in [-0.15, -0.1) is 0 Å². The predicted molar refractivity (Wildman–Crippen MR) is 148 cm³/mol. The Balaban J connectivity index is 1.25. The molecule has 1 amide bonds. The van der Waals surface area contributed by atoms with Gasteiger partial charge in [0.05, 0.1) is 31.2 Å². The number of carbonyl (C=O) groups is 1. The minimum absolute atomic E-state index is 0.0301. The van der Waals surface area contributed by atoms with Crippen molar-refractivity contribution in [2.45, 2.75) is 52.5 Å². The Morgan fingerprint density at radius 1 is 0.973 bits per heavy atom. The highest BCUT2D eigenvalue weighted by Gasteiger charge is 2.11. The number of hydrogen-bond donors (Lipinski definition) is 1. The van der Waals surface area contributed by atoms with E-state index in [0.717, 1.165) is 66.1 Å². The van der Waals surface area contributed by atoms with E-state index in [-0.39, 0.29) is 5.91 Å². The van der Waals surface area contributed by atoms with Crippen molar-refractivity contribution in [3.63, 3.8) is 0 Å². The summed E-state index contributed by atoms with van der Waals surface area (Å²) in [5.74, 6) is 2.86. The van der Waals surface area contributed by atoms with Crippen LogP contribution in [-0.2, 0) is 24.2 Å². The molecule has 0 atom stereocenters. The molecular formula is C31H37N3O3. The molecule has 1 N–H and O–H groups in total. The number of hydrogen-bond acceptors (Lipinski definition) is 4. The van der Waals surface area contributed by atoms with E-state index >= 15 is 0 Å². The van der Waals surface area contributed by atoms with Crippen molar-refractivity contribution < 1.29 is 14.3 Å². The SMILES string of the molecule is COc1ccc(CC(=O)NCCCc2nc3ccccc3n2CCCCOc2ccc(C)cc2C)cc1. The van der Waals surface area contributed by atoms with Crippen LogP contribution in [0.5, 0.6) is 11.5 Å². The number of benzene rings is 3. The Morgan fingerprint density at radius 2 is 1.78 bits per heavy atom. The fraction of sp³-hybridized carbons (Fsp3) is 0.355. The number of ether oxygens (including phenoxy) is 2.